The van der Waals surface area contributed by atoms with Gasteiger partial charge in [0, 0.05) is 32.1 Å². The van der Waals surface area contributed by atoms with Gasteiger partial charge in [0.2, 0.25) is 47.3 Å². The van der Waals surface area contributed by atoms with Crippen LogP contribution in [-0.2, 0) is 109 Å². The van der Waals surface area contributed by atoms with Crippen molar-refractivity contribution in [2.45, 2.75) is 219 Å². The van der Waals surface area contributed by atoms with Crippen LogP contribution in [0.2, 0.25) is 0 Å². The maximum atomic E-state index is 14.8. The summed E-state index contributed by atoms with van der Waals surface area (Å²) in [5.74, 6) is -4.05. The van der Waals surface area contributed by atoms with E-state index in [0.717, 1.165) is 99.4 Å². The highest BCUT2D eigenvalue weighted by atomic mass is 32.2. The highest BCUT2D eigenvalue weighted by molar-refractivity contribution is 7.85. The number of carbonyl (C=O) groups excluding carboxylic acids is 8. The standard InChI is InChI=1S/C73H110N10O17S/c1-47(2)63(67(90)76-48(3)65(88)78-52-23-19-50-21-25-59-70(5,54(50)44-52)28-14-30-72(59,7)68(91)80-69(92)73(8)31-15-29-71(6)55-45-53(85)24-20-51(55)22-26-60(71)73)79-66(89)56(77-49(4)84)16-12-13-32-74-62(87)46-100-58-18-11-9-10-17-57-64(58)81-82-83(57)34-36-97-38-40-99-42-41-98-39-37-96-35-27-61(86)75-33-43-101(93,94)95/h19-20,23-24,44-45,47-48,56,58-60,63,85H,9-18,21-22,25-43,46H2,1-8H3,(H,74,87)(H,75,86)(H,76,90)(H,77,84)(H,78,88)(H,79,89)(H,80,91,92)(H,93,94,95)/t48-,56+,58?,59+,60+,63-,70+,71+,72-,73-/m0/s1. The van der Waals surface area contributed by atoms with Crippen LogP contribution in [0.25, 0.3) is 0 Å². The van der Waals surface area contributed by atoms with Gasteiger partial charge in [0.25, 0.3) is 10.1 Å². The van der Waals surface area contributed by atoms with Crippen molar-refractivity contribution in [1.82, 2.24) is 46.9 Å². The van der Waals surface area contributed by atoms with E-state index in [1.807, 2.05) is 48.9 Å². The van der Waals surface area contributed by atoms with Crippen molar-refractivity contribution in [1.29, 1.82) is 0 Å². The Kier molecular flexibility index (Phi) is 28.8. The predicted octanol–water partition coefficient (Wildman–Crippen LogP) is 6.06. The number of amides is 8. The molecule has 0 spiro atoms. The Balaban J connectivity index is 0.734. The molecule has 10 atom stereocenters. The molecular weight excluding hydrogens is 1320 g/mol. The molecule has 28 heteroatoms. The number of nitrogens with zero attached hydrogens (tertiary/aromatic N) is 3. The van der Waals surface area contributed by atoms with Crippen molar-refractivity contribution in [3.05, 3.63) is 70.0 Å². The summed E-state index contributed by atoms with van der Waals surface area (Å²) in [4.78, 5) is 108. The van der Waals surface area contributed by atoms with Gasteiger partial charge in [0.15, 0.2) is 0 Å². The molecule has 0 aliphatic heterocycles. The maximum Gasteiger partial charge on any atom is 0.266 e. The Hall–Kier alpha value is -6.95. The fraction of sp³-hybridized carbons (Fsp3) is 0.699. The second-order valence-electron chi connectivity index (χ2n) is 29.5. The van der Waals surface area contributed by atoms with Crippen LogP contribution in [0.5, 0.6) is 5.75 Å². The van der Waals surface area contributed by atoms with Crippen molar-refractivity contribution in [2.24, 2.45) is 28.6 Å². The van der Waals surface area contributed by atoms with Gasteiger partial charge >= 0.3 is 0 Å². The number of benzene rings is 2. The molecule has 560 valence electrons. The number of imide groups is 1. The molecule has 0 bridgehead atoms. The van der Waals surface area contributed by atoms with Crippen molar-refractivity contribution in [3.8, 4) is 5.75 Å². The van der Waals surface area contributed by atoms with Crippen LogP contribution in [-0.4, -0.2) is 177 Å². The lowest BCUT2D eigenvalue weighted by Crippen LogP contribution is -2.60. The van der Waals surface area contributed by atoms with E-state index >= 15 is 0 Å². The molecule has 1 heterocycles. The lowest BCUT2D eigenvalue weighted by Gasteiger charge is -2.56. The number of aromatic hydroxyl groups is 1. The number of hydrogen-bond donors (Lipinski definition) is 9. The van der Waals surface area contributed by atoms with E-state index in [-0.39, 0.29) is 92.4 Å². The molecule has 2 fully saturated rings. The van der Waals surface area contributed by atoms with Crippen LogP contribution in [0, 0.1) is 28.6 Å². The van der Waals surface area contributed by atoms with Gasteiger partial charge in [0.1, 0.15) is 42.3 Å². The molecule has 9 N–H and O–H groups in total. The molecule has 8 amide bonds. The average molecular weight is 1430 g/mol. The van der Waals surface area contributed by atoms with Gasteiger partial charge in [-0.25, -0.2) is 4.68 Å². The molecule has 8 rings (SSSR count). The zero-order chi connectivity index (χ0) is 73.1. The Labute approximate surface area is 594 Å². The van der Waals surface area contributed by atoms with Gasteiger partial charge < -0.3 is 60.7 Å². The quantitative estimate of drug-likeness (QED) is 0.0181. The number of aryl methyl sites for hydroxylation is 2. The minimum Gasteiger partial charge on any atom is -0.508 e. The topological polar surface area (TPSA) is 372 Å². The summed E-state index contributed by atoms with van der Waals surface area (Å²) in [6.07, 6.45) is 12.8. The molecule has 1 aromatic heterocycles. The van der Waals surface area contributed by atoms with Crippen molar-refractivity contribution >= 4 is 63.1 Å². The van der Waals surface area contributed by atoms with E-state index in [4.69, 9.17) is 28.2 Å². The van der Waals surface area contributed by atoms with Gasteiger partial charge in [-0.1, -0.05) is 84.6 Å². The normalized spacial score (nSPS) is 24.0. The van der Waals surface area contributed by atoms with Crippen LogP contribution in [0.15, 0.2) is 36.4 Å². The maximum absolute atomic E-state index is 14.8. The number of aromatic nitrogens is 3. The number of fused-ring (bicyclic) bond motifs is 7. The molecule has 5 aliphatic carbocycles. The van der Waals surface area contributed by atoms with E-state index in [1.165, 1.54) is 12.5 Å². The first-order valence-electron chi connectivity index (χ1n) is 36.4. The van der Waals surface area contributed by atoms with Crippen LogP contribution in [0.1, 0.15) is 198 Å². The molecule has 0 radical (unpaired) electrons. The lowest BCUT2D eigenvalue weighted by atomic mass is 9.49. The number of carbonyl (C=O) groups is 8. The van der Waals surface area contributed by atoms with E-state index in [9.17, 15) is 51.9 Å². The number of phenols is 1. The third-order valence-electron chi connectivity index (χ3n) is 21.9. The summed E-state index contributed by atoms with van der Waals surface area (Å²) >= 11 is 0. The monoisotopic (exact) mass is 1430 g/mol. The van der Waals surface area contributed by atoms with E-state index in [1.54, 1.807) is 26.8 Å². The number of nitrogens with one attached hydrogen (secondary N) is 7. The fourth-order valence-corrected chi connectivity index (χ4v) is 16.7. The van der Waals surface area contributed by atoms with E-state index in [0.29, 0.717) is 89.7 Å². The average Bonchev–Trinajstić information content (AvgIpc) is 1.13. The smallest absolute Gasteiger partial charge is 0.266 e. The first-order valence-corrected chi connectivity index (χ1v) is 38.0. The number of ether oxygens (including phenoxy) is 5. The van der Waals surface area contributed by atoms with Crippen LogP contribution < -0.4 is 37.2 Å². The molecule has 0 saturated heterocycles. The number of unbranched alkanes of at least 4 members (excludes halogenated alkanes) is 1. The largest absolute Gasteiger partial charge is 0.508 e. The second-order valence-corrected chi connectivity index (χ2v) is 31.1. The van der Waals surface area contributed by atoms with Crippen LogP contribution >= 0.6 is 0 Å². The number of anilines is 1. The Morgan fingerprint density at radius 2 is 1.24 bits per heavy atom. The zero-order valence-electron chi connectivity index (χ0n) is 60.4. The van der Waals surface area contributed by atoms with Gasteiger partial charge in [-0.3, -0.25) is 48.2 Å². The molecule has 3 aromatic rings. The Morgan fingerprint density at radius 1 is 0.644 bits per heavy atom. The fourth-order valence-electron chi connectivity index (χ4n) is 16.4. The third-order valence-corrected chi connectivity index (χ3v) is 22.6. The van der Waals surface area contributed by atoms with E-state index < -0.39 is 85.9 Å². The molecular formula is C73H110N10O17S. The van der Waals surface area contributed by atoms with Gasteiger partial charge in [-0.2, -0.15) is 8.42 Å². The summed E-state index contributed by atoms with van der Waals surface area (Å²) in [5.41, 5.74) is 4.31. The number of rotatable bonds is 36. The highest BCUT2D eigenvalue weighted by Crippen LogP contribution is 2.60. The van der Waals surface area contributed by atoms with Gasteiger partial charge in [-0.15, -0.1) is 5.10 Å². The van der Waals surface area contributed by atoms with Crippen LogP contribution in [0.3, 0.4) is 0 Å². The molecule has 2 saturated carbocycles. The molecule has 2 aromatic carbocycles. The molecule has 101 heavy (non-hydrogen) atoms. The lowest BCUT2D eigenvalue weighted by molar-refractivity contribution is -0.150. The highest BCUT2D eigenvalue weighted by Gasteiger charge is 2.59. The number of hydrogen-bond acceptors (Lipinski definition) is 18. The first kappa shape index (κ1) is 79.7. The molecule has 27 nitrogen and oxygen atoms in total. The Morgan fingerprint density at radius 3 is 1.85 bits per heavy atom. The van der Waals surface area contributed by atoms with E-state index in [2.05, 4.69) is 61.4 Å². The first-order chi connectivity index (χ1) is 48.1. The Bertz CT molecular complexity index is 3500. The van der Waals surface area contributed by atoms with Gasteiger partial charge in [0.05, 0.1) is 81.7 Å². The second kappa shape index (κ2) is 36.5. The molecule has 1 unspecified atom stereocenters. The summed E-state index contributed by atoms with van der Waals surface area (Å²) in [7, 11) is -4.13. The van der Waals surface area contributed by atoms with Crippen molar-refractivity contribution in [3.63, 3.8) is 0 Å². The predicted molar refractivity (Wildman–Crippen MR) is 376 cm³/mol. The SMILES string of the molecule is CC(=O)N[C@H](CCCCNC(=O)COC1CCCCCc2c1nnn2CCOCCOCCOCCOCCC(=O)NCCS(=O)(=O)O)C(=O)N[C@H](C(=O)N[C@@H](C)C(=O)Nc1ccc2c(c1)[C@@]1(C)CCC[C@](C)(C(=O)NC(=O)[C@@]3(C)CCC[C@]4(C)c5cc(O)ccc5CC[C@@H]34)[C@@H]1CC2)C(C)C. The summed E-state index contributed by atoms with van der Waals surface area (Å²) in [6, 6.07) is 8.41. The van der Waals surface area contributed by atoms with Crippen molar-refractivity contribution in [2.75, 3.05) is 83.6 Å². The van der Waals surface area contributed by atoms with Crippen LogP contribution in [0.4, 0.5) is 5.69 Å². The third kappa shape index (κ3) is 21.1. The molecule has 5 aliphatic rings. The summed E-state index contributed by atoms with van der Waals surface area (Å²) < 4.78 is 60.4. The van der Waals surface area contributed by atoms with Gasteiger partial charge in [-0.05, 0) is 172 Å². The van der Waals surface area contributed by atoms with Crippen molar-refractivity contribution < 1.29 is 80.1 Å². The summed E-state index contributed by atoms with van der Waals surface area (Å²) in [5, 5.41) is 39.0. The minimum atomic E-state index is -4.13. The minimum absolute atomic E-state index is 0.00283. The summed E-state index contributed by atoms with van der Waals surface area (Å²) in [6.45, 7) is 17.7. The number of phenolic OH excluding ortho intramolecular Hbond substituents is 1. The zero-order valence-corrected chi connectivity index (χ0v) is 61.2.